The van der Waals surface area contributed by atoms with Gasteiger partial charge in [0, 0.05) is 11.9 Å². The third kappa shape index (κ3) is 3.12. The number of aliphatic hydroxyl groups is 1. The van der Waals surface area contributed by atoms with Crippen LogP contribution in [0.5, 0.6) is 0 Å². The topological polar surface area (TPSA) is 105 Å². The molecule has 5 rings (SSSR count). The molecule has 0 spiro atoms. The van der Waals surface area contributed by atoms with E-state index in [4.69, 9.17) is 4.74 Å². The molecule has 0 amide bonds. The maximum absolute atomic E-state index is 12.6. The fourth-order valence-electron chi connectivity index (χ4n) is 4.41. The fraction of sp³-hybridized carbons (Fsp3) is 0.526. The molecule has 28 heavy (non-hydrogen) atoms. The van der Waals surface area contributed by atoms with Gasteiger partial charge < -0.3 is 15.2 Å². The normalized spacial score (nSPS) is 19.9. The van der Waals surface area contributed by atoms with Crippen LogP contribution in [0.25, 0.3) is 0 Å². The lowest BCUT2D eigenvalue weighted by Crippen LogP contribution is -2.41. The Morgan fingerprint density at radius 2 is 1.82 bits per heavy atom. The molecule has 9 heteroatoms. The predicted octanol–water partition coefficient (Wildman–Crippen LogP) is 1.10. The molecule has 1 fully saturated rings. The molecule has 1 aliphatic heterocycles. The molecule has 0 radical (unpaired) electrons. The van der Waals surface area contributed by atoms with Gasteiger partial charge in [-0.1, -0.05) is 6.07 Å². The van der Waals surface area contributed by atoms with Crippen LogP contribution in [0.1, 0.15) is 41.1 Å². The largest absolute Gasteiger partial charge is 0.377 e. The molecule has 8 nitrogen and oxygen atoms in total. The summed E-state index contributed by atoms with van der Waals surface area (Å²) in [7, 11) is -3.94. The summed E-state index contributed by atoms with van der Waals surface area (Å²) < 4.78 is 34.3. The van der Waals surface area contributed by atoms with E-state index in [0.29, 0.717) is 13.2 Å². The maximum atomic E-state index is 12.6. The predicted molar refractivity (Wildman–Crippen MR) is 103 cm³/mol. The van der Waals surface area contributed by atoms with Crippen LogP contribution in [0.4, 0.5) is 5.69 Å². The Labute approximate surface area is 163 Å². The van der Waals surface area contributed by atoms with Crippen LogP contribution in [-0.4, -0.2) is 42.9 Å². The molecule has 2 heterocycles. The lowest BCUT2D eigenvalue weighted by molar-refractivity contribution is -0.0291. The number of fused-ring (bicyclic) bond motifs is 2. The monoisotopic (exact) mass is 404 g/mol. The second kappa shape index (κ2) is 6.84. The van der Waals surface area contributed by atoms with Crippen molar-refractivity contribution in [2.24, 2.45) is 0 Å². The number of ether oxygens (including phenoxy) is 1. The van der Waals surface area contributed by atoms with Gasteiger partial charge in [-0.15, -0.1) is 0 Å². The maximum Gasteiger partial charge on any atom is 0.263 e. The molecule has 0 bridgehead atoms. The average molecular weight is 404 g/mol. The first-order valence-corrected chi connectivity index (χ1v) is 11.3. The highest BCUT2D eigenvalue weighted by Crippen LogP contribution is 2.38. The summed E-state index contributed by atoms with van der Waals surface area (Å²) in [6.07, 6.45) is 6.39. The number of aromatic nitrogens is 2. The van der Waals surface area contributed by atoms with Crippen molar-refractivity contribution >= 4 is 15.7 Å². The van der Waals surface area contributed by atoms with Crippen LogP contribution in [0, 0.1) is 0 Å². The Balaban J connectivity index is 1.35. The Bertz CT molecular complexity index is 981. The molecule has 1 unspecified atom stereocenters. The molecule has 1 atom stereocenters. The van der Waals surface area contributed by atoms with Gasteiger partial charge in [-0.3, -0.25) is 4.68 Å². The van der Waals surface area contributed by atoms with E-state index >= 15 is 0 Å². The first kappa shape index (κ1) is 18.1. The van der Waals surface area contributed by atoms with Gasteiger partial charge in [0.15, 0.2) is 11.4 Å². The zero-order valence-corrected chi connectivity index (χ0v) is 16.3. The number of rotatable bonds is 6. The summed E-state index contributed by atoms with van der Waals surface area (Å²) in [6.45, 7) is 1.06. The number of benzene rings is 1. The molecule has 3 aliphatic rings. The molecule has 2 aliphatic carbocycles. The smallest absolute Gasteiger partial charge is 0.263 e. The third-order valence-electron chi connectivity index (χ3n) is 5.87. The standard InChI is InChI=1S/C19H24N4O4S/c24-19(22-28(25,26)17-7-8-23(21-17)14-10-27-11-14)20-18-15-5-1-3-12(15)9-13-4-2-6-16(13)18/h7-9,14,19-20,22,24H,1-6,10-11H2. The van der Waals surface area contributed by atoms with Crippen LogP contribution in [0.2, 0.25) is 0 Å². The first-order chi connectivity index (χ1) is 13.5. The van der Waals surface area contributed by atoms with Crippen molar-refractivity contribution in [2.75, 3.05) is 18.5 Å². The minimum atomic E-state index is -3.94. The second-order valence-corrected chi connectivity index (χ2v) is 9.39. The Hall–Kier alpha value is -1.94. The van der Waals surface area contributed by atoms with Crippen LogP contribution in [0.3, 0.4) is 0 Å². The van der Waals surface area contributed by atoms with Crippen LogP contribution >= 0.6 is 0 Å². The van der Waals surface area contributed by atoms with E-state index in [-0.39, 0.29) is 11.1 Å². The average Bonchev–Trinajstić information content (AvgIpc) is 3.32. The van der Waals surface area contributed by atoms with Gasteiger partial charge in [-0.25, -0.2) is 8.42 Å². The van der Waals surface area contributed by atoms with E-state index in [1.54, 1.807) is 10.9 Å². The van der Waals surface area contributed by atoms with E-state index in [1.807, 2.05) is 0 Å². The molecule has 0 saturated carbocycles. The van der Waals surface area contributed by atoms with Crippen molar-refractivity contribution in [2.45, 2.75) is 55.9 Å². The van der Waals surface area contributed by atoms with Crippen molar-refractivity contribution in [1.82, 2.24) is 14.5 Å². The molecule has 1 aromatic heterocycles. The summed E-state index contributed by atoms with van der Waals surface area (Å²) >= 11 is 0. The number of aliphatic hydroxyl groups excluding tert-OH is 1. The van der Waals surface area contributed by atoms with Crippen LogP contribution < -0.4 is 10.0 Å². The first-order valence-electron chi connectivity index (χ1n) is 9.77. The van der Waals surface area contributed by atoms with Crippen LogP contribution in [-0.2, 0) is 40.4 Å². The summed E-state index contributed by atoms with van der Waals surface area (Å²) in [5.41, 5.74) is 5.98. The zero-order valence-electron chi connectivity index (χ0n) is 15.5. The number of anilines is 1. The summed E-state index contributed by atoms with van der Waals surface area (Å²) in [5, 5.41) is 17.5. The van der Waals surface area contributed by atoms with Crippen molar-refractivity contribution in [3.8, 4) is 0 Å². The van der Waals surface area contributed by atoms with Gasteiger partial charge in [0.2, 0.25) is 0 Å². The number of nitrogens with zero attached hydrogens (tertiary/aromatic N) is 2. The van der Waals surface area contributed by atoms with Gasteiger partial charge in [0.25, 0.3) is 10.0 Å². The molecular formula is C19H24N4O4S. The van der Waals surface area contributed by atoms with Gasteiger partial charge in [0.1, 0.15) is 0 Å². The van der Waals surface area contributed by atoms with Gasteiger partial charge >= 0.3 is 0 Å². The highest BCUT2D eigenvalue weighted by molar-refractivity contribution is 7.89. The summed E-state index contributed by atoms with van der Waals surface area (Å²) in [5.74, 6) is 0. The van der Waals surface area contributed by atoms with Crippen molar-refractivity contribution < 1.29 is 18.3 Å². The Morgan fingerprint density at radius 3 is 2.43 bits per heavy atom. The van der Waals surface area contributed by atoms with Crippen molar-refractivity contribution in [3.05, 3.63) is 40.6 Å². The lowest BCUT2D eigenvalue weighted by atomic mass is 9.99. The van der Waals surface area contributed by atoms with E-state index in [2.05, 4.69) is 21.2 Å². The second-order valence-electron chi connectivity index (χ2n) is 7.73. The SMILES string of the molecule is O=S(=O)(NC(O)Nc1c2c(cc3c1CCC3)CCC2)c1ccn(C2COC2)n1. The third-order valence-corrected chi connectivity index (χ3v) is 7.18. The highest BCUT2D eigenvalue weighted by Gasteiger charge is 2.28. The molecule has 2 aromatic rings. The minimum Gasteiger partial charge on any atom is -0.377 e. The minimum absolute atomic E-state index is 0.0708. The molecule has 1 aromatic carbocycles. The van der Waals surface area contributed by atoms with Gasteiger partial charge in [-0.2, -0.15) is 9.82 Å². The van der Waals surface area contributed by atoms with E-state index in [1.165, 1.54) is 28.3 Å². The number of sulfonamides is 1. The molecule has 150 valence electrons. The van der Waals surface area contributed by atoms with Gasteiger partial charge in [-0.05, 0) is 66.8 Å². The Morgan fingerprint density at radius 1 is 1.14 bits per heavy atom. The number of hydrogen-bond donors (Lipinski definition) is 3. The molecule has 1 saturated heterocycles. The van der Waals surface area contributed by atoms with E-state index < -0.39 is 16.4 Å². The Kier molecular flexibility index (Phi) is 4.42. The van der Waals surface area contributed by atoms with Crippen molar-refractivity contribution in [1.29, 1.82) is 0 Å². The number of hydrogen-bond acceptors (Lipinski definition) is 6. The quantitative estimate of drug-likeness (QED) is 0.623. The van der Waals surface area contributed by atoms with Crippen molar-refractivity contribution in [3.63, 3.8) is 0 Å². The van der Waals surface area contributed by atoms with Crippen LogP contribution in [0.15, 0.2) is 23.4 Å². The van der Waals surface area contributed by atoms with E-state index in [9.17, 15) is 13.5 Å². The summed E-state index contributed by atoms with van der Waals surface area (Å²) in [4.78, 5) is 0. The molecular weight excluding hydrogens is 380 g/mol. The number of aryl methyl sites for hydroxylation is 2. The van der Waals surface area contributed by atoms with Gasteiger partial charge in [0.05, 0.1) is 19.3 Å². The summed E-state index contributed by atoms with van der Waals surface area (Å²) in [6, 6.07) is 3.80. The lowest BCUT2D eigenvalue weighted by Gasteiger charge is -2.25. The fourth-order valence-corrected chi connectivity index (χ4v) is 5.32. The molecule has 3 N–H and O–H groups in total. The van der Waals surface area contributed by atoms with E-state index in [0.717, 1.165) is 44.2 Å². The number of nitrogens with one attached hydrogen (secondary N) is 2. The highest BCUT2D eigenvalue weighted by atomic mass is 32.2. The zero-order chi connectivity index (χ0) is 19.3.